The molecule has 0 aliphatic carbocycles. The molecule has 0 fully saturated rings. The lowest BCUT2D eigenvalue weighted by Crippen LogP contribution is -2.30. The fourth-order valence-corrected chi connectivity index (χ4v) is 3.82. The Labute approximate surface area is 147 Å². The number of amides is 2. The second kappa shape index (κ2) is 6.18. The van der Waals surface area contributed by atoms with Crippen molar-refractivity contribution < 1.29 is 14.3 Å². The molecule has 3 aromatic rings. The number of hydrogen-bond donors (Lipinski definition) is 2. The molecule has 1 atom stereocenters. The van der Waals surface area contributed by atoms with Crippen LogP contribution in [0.4, 0.5) is 10.8 Å². The van der Waals surface area contributed by atoms with Crippen LogP contribution in [0.3, 0.4) is 0 Å². The van der Waals surface area contributed by atoms with Crippen molar-refractivity contribution in [3.8, 4) is 5.75 Å². The number of benzene rings is 2. The van der Waals surface area contributed by atoms with Crippen LogP contribution in [0.15, 0.2) is 42.5 Å². The minimum absolute atomic E-state index is 0.127. The number of carbonyl (C=O) groups excluding carboxylic acids is 2. The van der Waals surface area contributed by atoms with Gasteiger partial charge < -0.3 is 15.4 Å². The number of anilines is 2. The van der Waals surface area contributed by atoms with Gasteiger partial charge in [0.1, 0.15) is 5.75 Å². The molecule has 7 heteroatoms. The average Bonchev–Trinajstić information content (AvgIpc) is 3.01. The number of carbonyl (C=O) groups is 2. The van der Waals surface area contributed by atoms with Crippen LogP contribution in [0, 0.1) is 0 Å². The Morgan fingerprint density at radius 2 is 2.16 bits per heavy atom. The Morgan fingerprint density at radius 3 is 3.00 bits per heavy atom. The topological polar surface area (TPSA) is 80.3 Å². The molecule has 1 aromatic heterocycles. The SMILES string of the molecule is COc1ccc2nc(NC(=O)C3CC(=O)Nc4ccccc43)sc2c1. The number of nitrogens with zero attached hydrogens (tertiary/aromatic N) is 1. The van der Waals surface area contributed by atoms with Crippen molar-refractivity contribution in [2.75, 3.05) is 17.7 Å². The molecule has 1 aliphatic rings. The Balaban J connectivity index is 1.61. The van der Waals surface area contributed by atoms with E-state index < -0.39 is 5.92 Å². The molecule has 0 spiro atoms. The molecular formula is C18H15N3O3S. The number of ether oxygens (including phenoxy) is 1. The van der Waals surface area contributed by atoms with E-state index in [4.69, 9.17) is 4.74 Å². The lowest BCUT2D eigenvalue weighted by atomic mass is 9.90. The van der Waals surface area contributed by atoms with Crippen LogP contribution in [0.2, 0.25) is 0 Å². The van der Waals surface area contributed by atoms with Gasteiger partial charge in [0.25, 0.3) is 0 Å². The zero-order valence-corrected chi connectivity index (χ0v) is 14.2. The van der Waals surface area contributed by atoms with E-state index in [2.05, 4.69) is 15.6 Å². The number of hydrogen-bond acceptors (Lipinski definition) is 5. The van der Waals surface area contributed by atoms with Gasteiger partial charge in [-0.05, 0) is 29.8 Å². The number of methoxy groups -OCH3 is 1. The molecule has 0 saturated heterocycles. The van der Waals surface area contributed by atoms with E-state index in [0.717, 1.165) is 21.5 Å². The van der Waals surface area contributed by atoms with Gasteiger partial charge in [-0.25, -0.2) is 4.98 Å². The van der Waals surface area contributed by atoms with Crippen LogP contribution in [-0.4, -0.2) is 23.9 Å². The fourth-order valence-electron chi connectivity index (χ4n) is 2.92. The highest BCUT2D eigenvalue weighted by Crippen LogP contribution is 2.34. The lowest BCUT2D eigenvalue weighted by Gasteiger charge is -2.24. The van der Waals surface area contributed by atoms with E-state index in [9.17, 15) is 9.59 Å². The molecule has 2 aromatic carbocycles. The van der Waals surface area contributed by atoms with E-state index in [0.29, 0.717) is 10.8 Å². The highest BCUT2D eigenvalue weighted by atomic mass is 32.1. The molecule has 2 N–H and O–H groups in total. The van der Waals surface area contributed by atoms with Gasteiger partial charge in [0.15, 0.2) is 5.13 Å². The zero-order valence-electron chi connectivity index (χ0n) is 13.4. The maximum absolute atomic E-state index is 12.7. The molecule has 25 heavy (non-hydrogen) atoms. The Kier molecular flexibility index (Phi) is 3.85. The van der Waals surface area contributed by atoms with Crippen molar-refractivity contribution in [2.24, 2.45) is 0 Å². The highest BCUT2D eigenvalue weighted by molar-refractivity contribution is 7.22. The monoisotopic (exact) mass is 353 g/mol. The summed E-state index contributed by atoms with van der Waals surface area (Å²) in [5.74, 6) is -0.167. The van der Waals surface area contributed by atoms with Crippen molar-refractivity contribution in [2.45, 2.75) is 12.3 Å². The Bertz CT molecular complexity index is 983. The van der Waals surface area contributed by atoms with E-state index in [1.165, 1.54) is 11.3 Å². The second-order valence-corrected chi connectivity index (χ2v) is 6.76. The van der Waals surface area contributed by atoms with Crippen LogP contribution in [-0.2, 0) is 9.59 Å². The first kappa shape index (κ1) is 15.6. The third-order valence-electron chi connectivity index (χ3n) is 4.14. The van der Waals surface area contributed by atoms with Crippen molar-refractivity contribution in [1.29, 1.82) is 0 Å². The molecule has 6 nitrogen and oxygen atoms in total. The van der Waals surface area contributed by atoms with Gasteiger partial charge in [-0.2, -0.15) is 0 Å². The molecule has 0 radical (unpaired) electrons. The minimum Gasteiger partial charge on any atom is -0.497 e. The molecular weight excluding hydrogens is 338 g/mol. The Morgan fingerprint density at radius 1 is 1.32 bits per heavy atom. The molecule has 1 aliphatic heterocycles. The fraction of sp³-hybridized carbons (Fsp3) is 0.167. The minimum atomic E-state index is -0.522. The molecule has 2 amide bonds. The molecule has 4 rings (SSSR count). The summed E-state index contributed by atoms with van der Waals surface area (Å²) in [6.45, 7) is 0. The third kappa shape index (κ3) is 2.94. The largest absolute Gasteiger partial charge is 0.497 e. The summed E-state index contributed by atoms with van der Waals surface area (Å²) in [4.78, 5) is 29.0. The molecule has 0 saturated carbocycles. The second-order valence-electron chi connectivity index (χ2n) is 5.73. The molecule has 126 valence electrons. The summed E-state index contributed by atoms with van der Waals surface area (Å²) in [7, 11) is 1.61. The number of para-hydroxylation sites is 1. The van der Waals surface area contributed by atoms with Crippen LogP contribution >= 0.6 is 11.3 Å². The summed E-state index contributed by atoms with van der Waals surface area (Å²) < 4.78 is 6.13. The molecule has 0 bridgehead atoms. The van der Waals surface area contributed by atoms with E-state index >= 15 is 0 Å². The first-order valence-corrected chi connectivity index (χ1v) is 8.60. The maximum Gasteiger partial charge on any atom is 0.234 e. The molecule has 2 heterocycles. The summed E-state index contributed by atoms with van der Waals surface area (Å²) in [6, 6.07) is 12.9. The van der Waals surface area contributed by atoms with Gasteiger partial charge in [0.2, 0.25) is 11.8 Å². The zero-order chi connectivity index (χ0) is 17.4. The summed E-state index contributed by atoms with van der Waals surface area (Å²) in [5.41, 5.74) is 2.30. The van der Waals surface area contributed by atoms with E-state index in [-0.39, 0.29) is 18.2 Å². The smallest absolute Gasteiger partial charge is 0.234 e. The number of thiazole rings is 1. The standard InChI is InChI=1S/C18H15N3O3S/c1-24-10-6-7-14-15(8-10)25-18(20-14)21-17(23)12-9-16(22)19-13-5-3-2-4-11(12)13/h2-8,12H,9H2,1H3,(H,19,22)(H,20,21,23). The van der Waals surface area contributed by atoms with Crippen LogP contribution in [0.1, 0.15) is 17.9 Å². The predicted octanol–water partition coefficient (Wildman–Crippen LogP) is 3.37. The van der Waals surface area contributed by atoms with Crippen molar-refractivity contribution in [3.63, 3.8) is 0 Å². The Hall–Kier alpha value is -2.93. The van der Waals surface area contributed by atoms with Gasteiger partial charge in [-0.3, -0.25) is 9.59 Å². The average molecular weight is 353 g/mol. The summed E-state index contributed by atoms with van der Waals surface area (Å²) in [6.07, 6.45) is 0.127. The van der Waals surface area contributed by atoms with Crippen molar-refractivity contribution in [3.05, 3.63) is 48.0 Å². The van der Waals surface area contributed by atoms with Crippen LogP contribution in [0.25, 0.3) is 10.2 Å². The van der Waals surface area contributed by atoms with Crippen LogP contribution in [0.5, 0.6) is 5.75 Å². The van der Waals surface area contributed by atoms with Gasteiger partial charge in [0, 0.05) is 12.1 Å². The highest BCUT2D eigenvalue weighted by Gasteiger charge is 2.30. The van der Waals surface area contributed by atoms with Gasteiger partial charge in [-0.1, -0.05) is 29.5 Å². The predicted molar refractivity (Wildman–Crippen MR) is 97.2 cm³/mol. The summed E-state index contributed by atoms with van der Waals surface area (Å²) in [5, 5.41) is 6.16. The molecule has 1 unspecified atom stereocenters. The van der Waals surface area contributed by atoms with Crippen molar-refractivity contribution in [1.82, 2.24) is 4.98 Å². The number of aromatic nitrogens is 1. The summed E-state index contributed by atoms with van der Waals surface area (Å²) >= 11 is 1.38. The van der Waals surface area contributed by atoms with Gasteiger partial charge >= 0.3 is 0 Å². The van der Waals surface area contributed by atoms with Crippen molar-refractivity contribution >= 4 is 44.2 Å². The van der Waals surface area contributed by atoms with E-state index in [1.54, 1.807) is 13.2 Å². The van der Waals surface area contributed by atoms with E-state index in [1.807, 2.05) is 36.4 Å². The lowest BCUT2D eigenvalue weighted by molar-refractivity contribution is -0.123. The first-order chi connectivity index (χ1) is 12.1. The maximum atomic E-state index is 12.7. The quantitative estimate of drug-likeness (QED) is 0.756. The van der Waals surface area contributed by atoms with Crippen LogP contribution < -0.4 is 15.4 Å². The number of nitrogens with one attached hydrogen (secondary N) is 2. The van der Waals surface area contributed by atoms with Gasteiger partial charge in [0.05, 0.1) is 23.2 Å². The third-order valence-corrected chi connectivity index (χ3v) is 5.08. The normalized spacial score (nSPS) is 16.2. The van der Waals surface area contributed by atoms with Gasteiger partial charge in [-0.15, -0.1) is 0 Å². The number of fused-ring (bicyclic) bond motifs is 2. The first-order valence-electron chi connectivity index (χ1n) is 7.78. The number of rotatable bonds is 3.